The molecule has 1 aromatic heterocycles. The molecule has 3 N–H and O–H groups in total. The van der Waals surface area contributed by atoms with Crippen LogP contribution in [0.25, 0.3) is 0 Å². The minimum atomic E-state index is -0.180. The van der Waals surface area contributed by atoms with Crippen LogP contribution in [0.1, 0.15) is 30.8 Å². The second kappa shape index (κ2) is 4.48. The lowest BCUT2D eigenvalue weighted by Gasteiger charge is -2.14. The van der Waals surface area contributed by atoms with Crippen molar-refractivity contribution in [2.24, 2.45) is 5.92 Å². The minimum absolute atomic E-state index is 0.0341. The summed E-state index contributed by atoms with van der Waals surface area (Å²) in [5.41, 5.74) is 7.04. The van der Waals surface area contributed by atoms with Gasteiger partial charge in [0.05, 0.1) is 0 Å². The molecule has 0 aliphatic rings. The predicted molar refractivity (Wildman–Crippen MR) is 51.4 cm³/mol. The molecule has 0 saturated carbocycles. The summed E-state index contributed by atoms with van der Waals surface area (Å²) >= 11 is 1.32. The molecule has 1 aromatic rings. The van der Waals surface area contributed by atoms with E-state index in [1.165, 1.54) is 11.3 Å². The van der Waals surface area contributed by atoms with Gasteiger partial charge in [-0.05, 0) is 17.6 Å². The van der Waals surface area contributed by atoms with Gasteiger partial charge in [-0.2, -0.15) is 0 Å². The molecule has 0 saturated heterocycles. The fraction of sp³-hybridized carbons (Fsp3) is 0.556. The third kappa shape index (κ3) is 2.35. The Bertz CT molecular complexity index is 271. The van der Waals surface area contributed by atoms with E-state index >= 15 is 0 Å². The van der Waals surface area contributed by atoms with Crippen LogP contribution in [0.5, 0.6) is 0 Å². The number of thiazole rings is 1. The highest BCUT2D eigenvalue weighted by Gasteiger charge is 2.21. The quantitative estimate of drug-likeness (QED) is 0.574. The normalized spacial score (nSPS) is 15.3. The number of quaternary nitrogens is 1. The minimum Gasteiger partial charge on any atom is -0.383 e. The molecular weight excluding hydrogens is 184 g/mol. The number of carbonyl (C=O) groups excluding carboxylic acids is 1. The molecule has 4 heteroatoms. The summed E-state index contributed by atoms with van der Waals surface area (Å²) in [5, 5.41) is 1.73. The molecule has 1 rings (SSSR count). The first-order valence-corrected chi connectivity index (χ1v) is 5.23. The van der Waals surface area contributed by atoms with Crippen molar-refractivity contribution < 1.29 is 10.5 Å². The summed E-state index contributed by atoms with van der Waals surface area (Å²) < 4.78 is 0. The molecule has 0 spiro atoms. The van der Waals surface area contributed by atoms with Crippen LogP contribution in [-0.4, -0.2) is 16.8 Å². The largest absolute Gasteiger partial charge is 0.383 e. The van der Waals surface area contributed by atoms with E-state index < -0.39 is 0 Å². The molecular formula is C9H14N2OS. The fourth-order valence-electron chi connectivity index (χ4n) is 1.03. The van der Waals surface area contributed by atoms with Crippen molar-refractivity contribution in [3.05, 3.63) is 16.6 Å². The van der Waals surface area contributed by atoms with Gasteiger partial charge in [-0.1, -0.05) is 13.8 Å². The van der Waals surface area contributed by atoms with Crippen molar-refractivity contribution >= 4 is 17.1 Å². The predicted octanol–water partition coefficient (Wildman–Crippen LogP) is 0.783. The van der Waals surface area contributed by atoms with E-state index in [0.29, 0.717) is 11.6 Å². The van der Waals surface area contributed by atoms with Gasteiger partial charge in [0.25, 0.3) is 0 Å². The van der Waals surface area contributed by atoms with Gasteiger partial charge in [0.1, 0.15) is 6.04 Å². The Morgan fingerprint density at radius 2 is 2.54 bits per heavy atom. The Morgan fingerprint density at radius 1 is 1.85 bits per heavy atom. The lowest BCUT2D eigenvalue weighted by atomic mass is 9.95. The van der Waals surface area contributed by atoms with E-state index in [2.05, 4.69) is 23.2 Å². The van der Waals surface area contributed by atoms with Crippen molar-refractivity contribution in [1.82, 2.24) is 4.98 Å². The highest BCUT2D eigenvalue weighted by molar-refractivity contribution is 7.07. The molecule has 72 valence electrons. The Morgan fingerprint density at radius 3 is 3.00 bits per heavy atom. The highest BCUT2D eigenvalue weighted by atomic mass is 32.1. The van der Waals surface area contributed by atoms with E-state index in [-0.39, 0.29) is 11.8 Å². The van der Waals surface area contributed by atoms with E-state index in [0.717, 1.165) is 6.42 Å². The highest BCUT2D eigenvalue weighted by Crippen LogP contribution is 2.10. The number of Topliss-reactive ketones (excluding diaryl/α,β-unsaturated/α-hetero) is 1. The monoisotopic (exact) mass is 198 g/mol. The van der Waals surface area contributed by atoms with Crippen molar-refractivity contribution in [3.8, 4) is 0 Å². The standard InChI is InChI=1S/C9H13N2OS/c1-3-6(2)8(10)9(12)7-4-13-5-11-7/h4,6,8H,3,10H2,1-2H3/q-1/p+1/t6-,8-/m0/s1. The van der Waals surface area contributed by atoms with E-state index in [9.17, 15) is 4.79 Å². The molecule has 13 heavy (non-hydrogen) atoms. The summed E-state index contributed by atoms with van der Waals surface area (Å²) in [6, 6.07) is -0.180. The molecule has 0 radical (unpaired) electrons. The van der Waals surface area contributed by atoms with Gasteiger partial charge in [0.15, 0.2) is 5.78 Å². The average molecular weight is 198 g/mol. The van der Waals surface area contributed by atoms with Gasteiger partial charge in [0, 0.05) is 5.92 Å². The first kappa shape index (κ1) is 10.3. The summed E-state index contributed by atoms with van der Waals surface area (Å²) in [5.74, 6) is 0.348. The molecule has 0 aromatic carbocycles. The first-order chi connectivity index (χ1) is 6.16. The van der Waals surface area contributed by atoms with Crippen molar-refractivity contribution in [1.29, 1.82) is 0 Å². The maximum absolute atomic E-state index is 11.7. The number of ketones is 1. The third-order valence-electron chi connectivity index (χ3n) is 2.31. The summed E-state index contributed by atoms with van der Waals surface area (Å²) in [4.78, 5) is 15.5. The number of hydrogen-bond donors (Lipinski definition) is 1. The second-order valence-electron chi connectivity index (χ2n) is 3.18. The molecule has 3 nitrogen and oxygen atoms in total. The van der Waals surface area contributed by atoms with E-state index in [4.69, 9.17) is 0 Å². The summed E-state index contributed by atoms with van der Waals surface area (Å²) in [6.07, 6.45) is 0.966. The maximum Gasteiger partial charge on any atom is 0.173 e. The van der Waals surface area contributed by atoms with Gasteiger partial charge in [-0.25, -0.2) is 0 Å². The topological polar surface area (TPSA) is 57.6 Å². The van der Waals surface area contributed by atoms with Gasteiger partial charge >= 0.3 is 0 Å². The number of nitrogens with zero attached hydrogens (tertiary/aromatic N) is 1. The Kier molecular flexibility index (Phi) is 3.57. The lowest BCUT2D eigenvalue weighted by molar-refractivity contribution is -0.410. The van der Waals surface area contributed by atoms with Crippen LogP contribution >= 0.6 is 11.3 Å². The number of carbonyl (C=O) groups is 1. The average Bonchev–Trinajstić information content (AvgIpc) is 2.67. The van der Waals surface area contributed by atoms with Crippen LogP contribution in [0.3, 0.4) is 0 Å². The zero-order valence-electron chi connectivity index (χ0n) is 7.91. The number of hydrogen-bond acceptors (Lipinski definition) is 3. The Balaban J connectivity index is 2.68. The molecule has 1 heterocycles. The SMILES string of the molecule is CC[C@H](C)[C@H]([NH3+])C(=O)c1cs[c-]n1. The van der Waals surface area contributed by atoms with Crippen molar-refractivity contribution in [2.75, 3.05) is 0 Å². The molecule has 0 fully saturated rings. The molecule has 0 aliphatic carbocycles. The van der Waals surface area contributed by atoms with E-state index in [1.807, 2.05) is 6.92 Å². The van der Waals surface area contributed by atoms with Crippen LogP contribution in [-0.2, 0) is 0 Å². The van der Waals surface area contributed by atoms with Gasteiger partial charge in [-0.3, -0.25) is 11.3 Å². The van der Waals surface area contributed by atoms with Crippen LogP contribution in [0.4, 0.5) is 0 Å². The zero-order chi connectivity index (χ0) is 9.84. The summed E-state index contributed by atoms with van der Waals surface area (Å²) in [7, 11) is 0. The van der Waals surface area contributed by atoms with Crippen molar-refractivity contribution in [2.45, 2.75) is 26.3 Å². The second-order valence-corrected chi connectivity index (χ2v) is 3.83. The van der Waals surface area contributed by atoms with Crippen LogP contribution < -0.4 is 5.73 Å². The molecule has 0 unspecified atom stereocenters. The molecule has 0 aliphatic heterocycles. The fourth-order valence-corrected chi connectivity index (χ4v) is 1.51. The van der Waals surface area contributed by atoms with Crippen molar-refractivity contribution in [3.63, 3.8) is 0 Å². The molecule has 2 atom stereocenters. The maximum atomic E-state index is 11.7. The Hall–Kier alpha value is -0.740. The van der Waals surface area contributed by atoms with Gasteiger partial charge in [0.2, 0.25) is 0 Å². The first-order valence-electron chi connectivity index (χ1n) is 4.35. The zero-order valence-corrected chi connectivity index (χ0v) is 8.73. The smallest absolute Gasteiger partial charge is 0.173 e. The van der Waals surface area contributed by atoms with E-state index in [1.54, 1.807) is 5.38 Å². The number of aromatic nitrogens is 1. The summed E-state index contributed by atoms with van der Waals surface area (Å²) in [6.45, 7) is 4.09. The number of rotatable bonds is 4. The lowest BCUT2D eigenvalue weighted by Crippen LogP contribution is -2.67. The third-order valence-corrected chi connectivity index (χ3v) is 2.85. The van der Waals surface area contributed by atoms with Crippen LogP contribution in [0.2, 0.25) is 0 Å². The van der Waals surface area contributed by atoms with Crippen LogP contribution in [0.15, 0.2) is 5.38 Å². The Labute approximate surface area is 82.0 Å². The molecule has 0 amide bonds. The van der Waals surface area contributed by atoms with Gasteiger partial charge < -0.3 is 15.5 Å². The van der Waals surface area contributed by atoms with Gasteiger partial charge in [-0.15, -0.1) is 5.38 Å². The molecule has 0 bridgehead atoms. The van der Waals surface area contributed by atoms with Crippen LogP contribution in [0, 0.1) is 11.4 Å².